The van der Waals surface area contributed by atoms with E-state index in [4.69, 9.17) is 5.73 Å². The van der Waals surface area contributed by atoms with Crippen LogP contribution in [0.4, 0.5) is 0 Å². The first kappa shape index (κ1) is 25.3. The van der Waals surface area contributed by atoms with Crippen molar-refractivity contribution in [3.05, 3.63) is 157 Å². The molecule has 0 radical (unpaired) electrons. The highest BCUT2D eigenvalue weighted by Gasteiger charge is 2.18. The molecule has 178 valence electrons. The molecule has 5 aromatic rings. The van der Waals surface area contributed by atoms with Gasteiger partial charge in [-0.3, -0.25) is 0 Å². The largest absolute Gasteiger partial charge is 0.327 e. The van der Waals surface area contributed by atoms with Crippen LogP contribution in [-0.4, -0.2) is 6.54 Å². The van der Waals surface area contributed by atoms with E-state index in [2.05, 4.69) is 111 Å². The fraction of sp³-hybridized carbons (Fsp3) is 0.0588. The topological polar surface area (TPSA) is 26.0 Å². The Kier molecular flexibility index (Phi) is 9.00. The number of rotatable bonds is 6. The maximum Gasteiger partial charge on any atom is 0.0110 e. The molecule has 2 heteroatoms. The lowest BCUT2D eigenvalue weighted by Crippen LogP contribution is -2.21. The van der Waals surface area contributed by atoms with E-state index in [9.17, 15) is 0 Å². The summed E-state index contributed by atoms with van der Waals surface area (Å²) in [5.74, 6) is 0. The Labute approximate surface area is 216 Å². The highest BCUT2D eigenvalue weighted by Crippen LogP contribution is 2.36. The second-order valence-corrected chi connectivity index (χ2v) is 10.7. The second-order valence-electron chi connectivity index (χ2n) is 8.48. The number of benzene rings is 5. The zero-order valence-electron chi connectivity index (χ0n) is 20.7. The first-order valence-corrected chi connectivity index (χ1v) is 13.5. The minimum atomic E-state index is -0.558. The average molecular weight is 486 g/mol. The van der Waals surface area contributed by atoms with Crippen molar-refractivity contribution in [2.24, 2.45) is 5.73 Å². The summed E-state index contributed by atoms with van der Waals surface area (Å²) >= 11 is 0. The van der Waals surface area contributed by atoms with E-state index in [-0.39, 0.29) is 0 Å². The van der Waals surface area contributed by atoms with Gasteiger partial charge in [-0.25, -0.2) is 0 Å². The van der Waals surface area contributed by atoms with Crippen molar-refractivity contribution in [2.45, 2.75) is 6.92 Å². The lowest BCUT2D eigenvalue weighted by Gasteiger charge is -2.21. The molecule has 0 amide bonds. The van der Waals surface area contributed by atoms with Crippen LogP contribution in [0.2, 0.25) is 0 Å². The van der Waals surface area contributed by atoms with Gasteiger partial charge >= 0.3 is 0 Å². The van der Waals surface area contributed by atoms with Crippen LogP contribution in [-0.2, 0) is 0 Å². The Morgan fingerprint density at radius 1 is 0.667 bits per heavy atom. The molecule has 2 N–H and O–H groups in total. The van der Waals surface area contributed by atoms with Crippen LogP contribution < -0.4 is 21.6 Å². The van der Waals surface area contributed by atoms with Crippen molar-refractivity contribution in [3.63, 3.8) is 0 Å². The van der Waals surface area contributed by atoms with E-state index in [0.717, 1.165) is 11.1 Å². The van der Waals surface area contributed by atoms with Gasteiger partial charge in [-0.15, -0.1) is 0 Å². The summed E-state index contributed by atoms with van der Waals surface area (Å²) in [4.78, 5) is 0. The molecule has 5 aromatic carbocycles. The standard InChI is InChI=1S/C23H19P.C11H13N/c1-18-16-17-23(22-15-9-8-14-21(18)22)24(19-10-4-2-5-11-19)20-12-6-3-7-13-20;1-10(6-5-9-12)11-7-3-2-4-8-11/h2-17H,1H3;2-8H,1,9,12H2/b;6-5-. The second kappa shape index (κ2) is 12.8. The normalized spacial score (nSPS) is 10.9. The van der Waals surface area contributed by atoms with Gasteiger partial charge in [0.05, 0.1) is 0 Å². The fourth-order valence-electron chi connectivity index (χ4n) is 4.17. The smallest absolute Gasteiger partial charge is 0.0110 e. The van der Waals surface area contributed by atoms with Gasteiger partial charge in [-0.2, -0.15) is 0 Å². The number of hydrogen-bond acceptors (Lipinski definition) is 1. The minimum absolute atomic E-state index is 0.558. The lowest BCUT2D eigenvalue weighted by molar-refractivity contribution is 1.26. The van der Waals surface area contributed by atoms with Crippen LogP contribution >= 0.6 is 7.92 Å². The number of allylic oxidation sites excluding steroid dienone is 2. The van der Waals surface area contributed by atoms with Gasteiger partial charge in [0.15, 0.2) is 0 Å². The first-order valence-electron chi connectivity index (χ1n) is 12.2. The van der Waals surface area contributed by atoms with Crippen molar-refractivity contribution in [3.8, 4) is 0 Å². The summed E-state index contributed by atoms with van der Waals surface area (Å²) in [5, 5.41) is 6.95. The molecular weight excluding hydrogens is 453 g/mol. The molecule has 0 aliphatic carbocycles. The maximum atomic E-state index is 5.33. The maximum absolute atomic E-state index is 5.33. The summed E-state index contributed by atoms with van der Waals surface area (Å²) in [6.45, 7) is 6.68. The number of hydrogen-bond donors (Lipinski definition) is 1. The Bertz CT molecular complexity index is 1380. The first-order chi connectivity index (χ1) is 17.7. The van der Waals surface area contributed by atoms with Crippen molar-refractivity contribution in [2.75, 3.05) is 6.54 Å². The van der Waals surface area contributed by atoms with Gasteiger partial charge < -0.3 is 5.73 Å². The molecular formula is C34H32NP. The Hall–Kier alpha value is -3.77. The molecule has 0 aromatic heterocycles. The molecule has 0 saturated carbocycles. The molecule has 0 unspecified atom stereocenters. The molecule has 5 rings (SSSR count). The zero-order valence-corrected chi connectivity index (χ0v) is 21.6. The Morgan fingerprint density at radius 2 is 1.17 bits per heavy atom. The zero-order chi connectivity index (χ0) is 25.2. The monoisotopic (exact) mass is 485 g/mol. The van der Waals surface area contributed by atoms with Crippen LogP contribution in [0, 0.1) is 6.92 Å². The SMILES string of the molecule is C=C(/C=C\CN)c1ccccc1.Cc1ccc(P(c2ccccc2)c2ccccc2)c2ccccc12. The molecule has 0 heterocycles. The molecule has 0 atom stereocenters. The lowest BCUT2D eigenvalue weighted by atomic mass is 10.1. The Balaban J connectivity index is 0.000000214. The van der Waals surface area contributed by atoms with E-state index in [1.807, 2.05) is 42.5 Å². The van der Waals surface area contributed by atoms with Crippen LogP contribution in [0.15, 0.2) is 146 Å². The third-order valence-electron chi connectivity index (χ3n) is 5.99. The molecule has 0 bridgehead atoms. The van der Waals surface area contributed by atoms with Gasteiger partial charge in [-0.1, -0.05) is 146 Å². The van der Waals surface area contributed by atoms with Gasteiger partial charge in [0.2, 0.25) is 0 Å². The van der Waals surface area contributed by atoms with Crippen molar-refractivity contribution in [1.82, 2.24) is 0 Å². The van der Waals surface area contributed by atoms with Crippen molar-refractivity contribution < 1.29 is 0 Å². The molecule has 0 aliphatic rings. The van der Waals surface area contributed by atoms with E-state index >= 15 is 0 Å². The summed E-state index contributed by atoms with van der Waals surface area (Å²) in [6, 6.07) is 45.2. The molecule has 1 nitrogen and oxygen atoms in total. The van der Waals surface area contributed by atoms with Gasteiger partial charge in [-0.05, 0) is 58.2 Å². The highest BCUT2D eigenvalue weighted by molar-refractivity contribution is 7.80. The van der Waals surface area contributed by atoms with Gasteiger partial charge in [0, 0.05) is 6.54 Å². The predicted octanol–water partition coefficient (Wildman–Crippen LogP) is 7.12. The summed E-state index contributed by atoms with van der Waals surface area (Å²) in [5.41, 5.74) is 8.81. The van der Waals surface area contributed by atoms with E-state index in [1.165, 1.54) is 32.2 Å². The third kappa shape index (κ3) is 6.26. The quantitative estimate of drug-likeness (QED) is 0.201. The van der Waals surface area contributed by atoms with E-state index in [1.54, 1.807) is 0 Å². The summed E-state index contributed by atoms with van der Waals surface area (Å²) in [7, 11) is -0.558. The Morgan fingerprint density at radius 3 is 1.72 bits per heavy atom. The number of fused-ring (bicyclic) bond motifs is 1. The summed E-state index contributed by atoms with van der Waals surface area (Å²) < 4.78 is 0. The minimum Gasteiger partial charge on any atom is -0.327 e. The average Bonchev–Trinajstić information content (AvgIpc) is 2.95. The van der Waals surface area contributed by atoms with Crippen LogP contribution in [0.25, 0.3) is 16.3 Å². The molecule has 0 saturated heterocycles. The predicted molar refractivity (Wildman–Crippen MR) is 161 cm³/mol. The molecule has 36 heavy (non-hydrogen) atoms. The number of nitrogens with two attached hydrogens (primary N) is 1. The van der Waals surface area contributed by atoms with Gasteiger partial charge in [0.1, 0.15) is 0 Å². The highest BCUT2D eigenvalue weighted by atomic mass is 31.1. The molecule has 0 fully saturated rings. The van der Waals surface area contributed by atoms with Crippen LogP contribution in [0.5, 0.6) is 0 Å². The molecule has 0 aliphatic heterocycles. The van der Waals surface area contributed by atoms with Crippen molar-refractivity contribution >= 4 is 40.2 Å². The summed E-state index contributed by atoms with van der Waals surface area (Å²) in [6.07, 6.45) is 3.84. The number of aryl methyl sites for hydroxylation is 1. The van der Waals surface area contributed by atoms with Crippen LogP contribution in [0.1, 0.15) is 11.1 Å². The van der Waals surface area contributed by atoms with Crippen LogP contribution in [0.3, 0.4) is 0 Å². The third-order valence-corrected chi connectivity index (χ3v) is 8.49. The molecule has 0 spiro atoms. The fourth-order valence-corrected chi connectivity index (χ4v) is 6.62. The van der Waals surface area contributed by atoms with Crippen molar-refractivity contribution in [1.29, 1.82) is 0 Å². The van der Waals surface area contributed by atoms with E-state index in [0.29, 0.717) is 6.54 Å². The van der Waals surface area contributed by atoms with E-state index < -0.39 is 7.92 Å². The van der Waals surface area contributed by atoms with Gasteiger partial charge in [0.25, 0.3) is 0 Å².